The molecule has 3 rings (SSSR count). The molecule has 0 saturated carbocycles. The van der Waals surface area contributed by atoms with Gasteiger partial charge in [0.2, 0.25) is 5.91 Å². The Balaban J connectivity index is 1.53. The molecule has 1 heterocycles. The van der Waals surface area contributed by atoms with E-state index in [2.05, 4.69) is 10.1 Å². The van der Waals surface area contributed by atoms with Gasteiger partial charge in [-0.1, -0.05) is 42.5 Å². The molecule has 2 aromatic rings. The van der Waals surface area contributed by atoms with Crippen LogP contribution in [0.4, 0.5) is 13.2 Å². The average Bonchev–Trinajstić information content (AvgIpc) is 3.03. The molecular formula is C19H18F3NO3. The van der Waals surface area contributed by atoms with Crippen LogP contribution >= 0.6 is 0 Å². The van der Waals surface area contributed by atoms with Crippen molar-refractivity contribution in [3.63, 3.8) is 0 Å². The fourth-order valence-electron chi connectivity index (χ4n) is 2.81. The summed E-state index contributed by atoms with van der Waals surface area (Å²) in [6.45, 7) is -0.832. The molecule has 0 unspecified atom stereocenters. The number of hydrogen-bond donors (Lipinski definition) is 1. The first kappa shape index (κ1) is 18.3. The molecule has 0 bridgehead atoms. The van der Waals surface area contributed by atoms with Crippen LogP contribution in [0.5, 0.6) is 5.75 Å². The smallest absolute Gasteiger partial charge is 0.411 e. The highest BCUT2D eigenvalue weighted by Crippen LogP contribution is 2.33. The summed E-state index contributed by atoms with van der Waals surface area (Å²) in [6, 6.07) is 14.3. The Kier molecular flexibility index (Phi) is 5.46. The molecule has 0 spiro atoms. The van der Waals surface area contributed by atoms with Gasteiger partial charge in [0.05, 0.1) is 6.61 Å². The van der Waals surface area contributed by atoms with Gasteiger partial charge in [-0.3, -0.25) is 4.79 Å². The summed E-state index contributed by atoms with van der Waals surface area (Å²) in [6.07, 6.45) is -4.34. The SMILES string of the molecule is O=C(NCc1cccc(COCC(F)(F)F)c1)[C@@H]1COc2ccccc21. The van der Waals surface area contributed by atoms with Crippen LogP contribution in [-0.2, 0) is 22.7 Å². The molecule has 0 radical (unpaired) electrons. The van der Waals surface area contributed by atoms with Gasteiger partial charge in [-0.15, -0.1) is 0 Å². The highest BCUT2D eigenvalue weighted by atomic mass is 19.4. The Morgan fingerprint density at radius 1 is 1.15 bits per heavy atom. The van der Waals surface area contributed by atoms with E-state index in [0.29, 0.717) is 12.2 Å². The standard InChI is InChI=1S/C19H18F3NO3/c20-19(21,22)12-25-10-14-5-3-4-13(8-14)9-23-18(24)16-11-26-17-7-2-1-6-15(16)17/h1-8,16H,9-12H2,(H,23,24)/t16-/m1/s1. The number of para-hydroxylation sites is 1. The summed E-state index contributed by atoms with van der Waals surface area (Å²) < 4.78 is 46.5. The lowest BCUT2D eigenvalue weighted by atomic mass is 10.0. The maximum atomic E-state index is 12.4. The summed E-state index contributed by atoms with van der Waals surface area (Å²) in [5, 5.41) is 2.85. The molecule has 0 aromatic heterocycles. The number of carbonyl (C=O) groups excluding carboxylic acids is 1. The second-order valence-electron chi connectivity index (χ2n) is 6.05. The molecule has 0 fully saturated rings. The van der Waals surface area contributed by atoms with Crippen LogP contribution in [0.3, 0.4) is 0 Å². The zero-order chi connectivity index (χ0) is 18.6. The second kappa shape index (κ2) is 7.78. The van der Waals surface area contributed by atoms with E-state index in [4.69, 9.17) is 4.74 Å². The number of fused-ring (bicyclic) bond motifs is 1. The van der Waals surface area contributed by atoms with E-state index in [1.165, 1.54) is 0 Å². The fourth-order valence-corrected chi connectivity index (χ4v) is 2.81. The van der Waals surface area contributed by atoms with Crippen molar-refractivity contribution in [1.82, 2.24) is 5.32 Å². The zero-order valence-electron chi connectivity index (χ0n) is 13.9. The number of ether oxygens (including phenoxy) is 2. The number of rotatable bonds is 6. The van der Waals surface area contributed by atoms with Gasteiger partial charge in [-0.05, 0) is 17.2 Å². The van der Waals surface area contributed by atoms with E-state index in [1.54, 1.807) is 24.3 Å². The molecule has 1 aliphatic heterocycles. The lowest BCUT2D eigenvalue weighted by molar-refractivity contribution is -0.176. The van der Waals surface area contributed by atoms with E-state index in [0.717, 1.165) is 16.9 Å². The first-order chi connectivity index (χ1) is 12.4. The van der Waals surface area contributed by atoms with Crippen molar-refractivity contribution in [2.75, 3.05) is 13.2 Å². The predicted molar refractivity (Wildman–Crippen MR) is 88.7 cm³/mol. The van der Waals surface area contributed by atoms with Crippen molar-refractivity contribution in [3.8, 4) is 5.75 Å². The van der Waals surface area contributed by atoms with Gasteiger partial charge >= 0.3 is 6.18 Å². The number of nitrogens with one attached hydrogen (secondary N) is 1. The number of benzene rings is 2. The van der Waals surface area contributed by atoms with Crippen molar-refractivity contribution in [3.05, 3.63) is 65.2 Å². The molecular weight excluding hydrogens is 347 g/mol. The van der Waals surface area contributed by atoms with Gasteiger partial charge in [0, 0.05) is 12.1 Å². The Hall–Kier alpha value is -2.54. The van der Waals surface area contributed by atoms with E-state index in [1.807, 2.05) is 24.3 Å². The van der Waals surface area contributed by atoms with E-state index >= 15 is 0 Å². The highest BCUT2D eigenvalue weighted by Gasteiger charge is 2.30. The Morgan fingerprint density at radius 3 is 2.73 bits per heavy atom. The average molecular weight is 365 g/mol. The number of carbonyl (C=O) groups is 1. The lowest BCUT2D eigenvalue weighted by Gasteiger charge is -2.12. The molecule has 7 heteroatoms. The third kappa shape index (κ3) is 4.76. The van der Waals surface area contributed by atoms with Crippen LogP contribution in [0, 0.1) is 0 Å². The van der Waals surface area contributed by atoms with Crippen LogP contribution in [0.25, 0.3) is 0 Å². The minimum absolute atomic E-state index is 0.134. The zero-order valence-corrected chi connectivity index (χ0v) is 13.9. The van der Waals surface area contributed by atoms with Crippen LogP contribution in [-0.4, -0.2) is 25.3 Å². The van der Waals surface area contributed by atoms with Crippen molar-refractivity contribution in [2.24, 2.45) is 0 Å². The normalized spacial score (nSPS) is 16.0. The molecule has 26 heavy (non-hydrogen) atoms. The second-order valence-corrected chi connectivity index (χ2v) is 6.05. The minimum atomic E-state index is -4.34. The molecule has 1 atom stereocenters. The summed E-state index contributed by atoms with van der Waals surface area (Å²) in [5.41, 5.74) is 2.27. The third-order valence-electron chi connectivity index (χ3n) is 4.01. The predicted octanol–water partition coefficient (Wildman–Crippen LogP) is 3.56. The topological polar surface area (TPSA) is 47.6 Å². The molecule has 1 aliphatic rings. The molecule has 138 valence electrons. The van der Waals surface area contributed by atoms with Gasteiger partial charge in [0.25, 0.3) is 0 Å². The molecule has 0 aliphatic carbocycles. The first-order valence-corrected chi connectivity index (χ1v) is 8.14. The molecule has 1 N–H and O–H groups in total. The summed E-state index contributed by atoms with van der Waals surface area (Å²) in [7, 11) is 0. The number of alkyl halides is 3. The van der Waals surface area contributed by atoms with Gasteiger partial charge in [-0.25, -0.2) is 0 Å². The fraction of sp³-hybridized carbons (Fsp3) is 0.316. The van der Waals surface area contributed by atoms with Crippen LogP contribution in [0.15, 0.2) is 48.5 Å². The van der Waals surface area contributed by atoms with E-state index in [9.17, 15) is 18.0 Å². The monoisotopic (exact) mass is 365 g/mol. The van der Waals surface area contributed by atoms with E-state index < -0.39 is 12.8 Å². The summed E-state index contributed by atoms with van der Waals surface area (Å²) in [4.78, 5) is 12.4. The van der Waals surface area contributed by atoms with Gasteiger partial charge in [0.15, 0.2) is 0 Å². The Morgan fingerprint density at radius 2 is 1.92 bits per heavy atom. The van der Waals surface area contributed by atoms with Gasteiger partial charge in [0.1, 0.15) is 24.9 Å². The molecule has 1 amide bonds. The lowest BCUT2D eigenvalue weighted by Crippen LogP contribution is -2.29. The van der Waals surface area contributed by atoms with Crippen molar-refractivity contribution >= 4 is 5.91 Å². The van der Waals surface area contributed by atoms with Gasteiger partial charge in [-0.2, -0.15) is 13.2 Å². The van der Waals surface area contributed by atoms with Crippen molar-refractivity contribution in [2.45, 2.75) is 25.2 Å². The first-order valence-electron chi connectivity index (χ1n) is 8.14. The summed E-state index contributed by atoms with van der Waals surface area (Å²) in [5.74, 6) is 0.217. The quantitative estimate of drug-likeness (QED) is 0.852. The Bertz CT molecular complexity index is 777. The van der Waals surface area contributed by atoms with Crippen molar-refractivity contribution < 1.29 is 27.4 Å². The maximum Gasteiger partial charge on any atom is 0.411 e. The molecule has 4 nitrogen and oxygen atoms in total. The number of hydrogen-bond acceptors (Lipinski definition) is 3. The minimum Gasteiger partial charge on any atom is -0.492 e. The van der Waals surface area contributed by atoms with E-state index in [-0.39, 0.29) is 25.0 Å². The highest BCUT2D eigenvalue weighted by molar-refractivity contribution is 5.85. The Labute approximate surface area is 148 Å². The van der Waals surface area contributed by atoms with Crippen LogP contribution in [0.1, 0.15) is 22.6 Å². The summed E-state index contributed by atoms with van der Waals surface area (Å²) >= 11 is 0. The molecule has 2 aromatic carbocycles. The number of amides is 1. The van der Waals surface area contributed by atoms with Crippen molar-refractivity contribution in [1.29, 1.82) is 0 Å². The van der Waals surface area contributed by atoms with Crippen LogP contribution in [0.2, 0.25) is 0 Å². The largest absolute Gasteiger partial charge is 0.492 e. The number of halogens is 3. The maximum absolute atomic E-state index is 12.4. The third-order valence-corrected chi connectivity index (χ3v) is 4.01. The van der Waals surface area contributed by atoms with Gasteiger partial charge < -0.3 is 14.8 Å². The van der Waals surface area contributed by atoms with Crippen LogP contribution < -0.4 is 10.1 Å². The molecule has 0 saturated heterocycles.